The molecule has 0 saturated carbocycles. The minimum Gasteiger partial charge on any atom is -0.270 e. The van der Waals surface area contributed by atoms with Crippen LogP contribution in [0.15, 0.2) is 18.5 Å². The molecule has 0 atom stereocenters. The standard InChI is InChI=1S/C10H14ClN5/c1-8(2)16-4-3-9(13-16)6-15-7-10(5-11)12-14-15/h3-4,7-8H,5-6H2,1-2H3. The lowest BCUT2D eigenvalue weighted by molar-refractivity contribution is 0.519. The molecular weight excluding hydrogens is 226 g/mol. The lowest BCUT2D eigenvalue weighted by Crippen LogP contribution is -2.05. The van der Waals surface area contributed by atoms with Crippen molar-refractivity contribution in [3.05, 3.63) is 29.8 Å². The van der Waals surface area contributed by atoms with Crippen molar-refractivity contribution in [3.63, 3.8) is 0 Å². The van der Waals surface area contributed by atoms with Gasteiger partial charge in [0, 0.05) is 12.2 Å². The summed E-state index contributed by atoms with van der Waals surface area (Å²) in [6.45, 7) is 4.82. The van der Waals surface area contributed by atoms with Crippen molar-refractivity contribution in [2.75, 3.05) is 0 Å². The van der Waals surface area contributed by atoms with Gasteiger partial charge in [-0.15, -0.1) is 16.7 Å². The number of halogens is 1. The van der Waals surface area contributed by atoms with Gasteiger partial charge in [0.2, 0.25) is 0 Å². The summed E-state index contributed by atoms with van der Waals surface area (Å²) >= 11 is 5.65. The van der Waals surface area contributed by atoms with Crippen molar-refractivity contribution in [3.8, 4) is 0 Å². The molecule has 0 saturated heterocycles. The molecule has 0 aromatic carbocycles. The van der Waals surface area contributed by atoms with Gasteiger partial charge in [-0.25, -0.2) is 4.68 Å². The minimum atomic E-state index is 0.378. The third-order valence-corrected chi connectivity index (χ3v) is 2.51. The van der Waals surface area contributed by atoms with Crippen molar-refractivity contribution in [1.29, 1.82) is 0 Å². The van der Waals surface area contributed by atoms with E-state index in [2.05, 4.69) is 29.3 Å². The topological polar surface area (TPSA) is 48.5 Å². The molecule has 0 bridgehead atoms. The van der Waals surface area contributed by atoms with Crippen molar-refractivity contribution in [1.82, 2.24) is 24.8 Å². The molecule has 0 unspecified atom stereocenters. The van der Waals surface area contributed by atoms with E-state index in [0.29, 0.717) is 18.5 Å². The van der Waals surface area contributed by atoms with Gasteiger partial charge in [-0.3, -0.25) is 4.68 Å². The molecule has 0 aliphatic heterocycles. The van der Waals surface area contributed by atoms with Crippen LogP contribution < -0.4 is 0 Å². The Bertz CT molecular complexity index is 459. The van der Waals surface area contributed by atoms with Gasteiger partial charge in [-0.2, -0.15) is 5.10 Å². The van der Waals surface area contributed by atoms with E-state index < -0.39 is 0 Å². The van der Waals surface area contributed by atoms with E-state index in [1.807, 2.05) is 23.1 Å². The summed E-state index contributed by atoms with van der Waals surface area (Å²) < 4.78 is 3.67. The normalized spacial score (nSPS) is 11.2. The second kappa shape index (κ2) is 4.65. The summed E-state index contributed by atoms with van der Waals surface area (Å²) in [6.07, 6.45) is 3.81. The summed E-state index contributed by atoms with van der Waals surface area (Å²) in [5.74, 6) is 0.389. The quantitative estimate of drug-likeness (QED) is 0.765. The Hall–Kier alpha value is -1.36. The van der Waals surface area contributed by atoms with Crippen LogP contribution in [0, 0.1) is 0 Å². The zero-order chi connectivity index (χ0) is 11.5. The first-order valence-corrected chi connectivity index (χ1v) is 5.71. The van der Waals surface area contributed by atoms with Crippen LogP contribution in [0.1, 0.15) is 31.3 Å². The number of aromatic nitrogens is 5. The zero-order valence-corrected chi connectivity index (χ0v) is 10.1. The third kappa shape index (κ3) is 2.41. The van der Waals surface area contributed by atoms with E-state index in [1.54, 1.807) is 4.68 Å². The van der Waals surface area contributed by atoms with Crippen molar-refractivity contribution >= 4 is 11.6 Å². The number of rotatable bonds is 4. The molecule has 5 nitrogen and oxygen atoms in total. The first kappa shape index (κ1) is 11.1. The van der Waals surface area contributed by atoms with Crippen LogP contribution in [0.2, 0.25) is 0 Å². The van der Waals surface area contributed by atoms with Gasteiger partial charge < -0.3 is 0 Å². The second-order valence-electron chi connectivity index (χ2n) is 3.92. The Balaban J connectivity index is 2.08. The minimum absolute atomic E-state index is 0.378. The average molecular weight is 240 g/mol. The zero-order valence-electron chi connectivity index (χ0n) is 9.34. The Kier molecular flexibility index (Phi) is 3.24. The maximum Gasteiger partial charge on any atom is 0.0974 e. The van der Waals surface area contributed by atoms with Crippen LogP contribution in [0.25, 0.3) is 0 Å². The van der Waals surface area contributed by atoms with Crippen molar-refractivity contribution < 1.29 is 0 Å². The number of hydrogen-bond acceptors (Lipinski definition) is 3. The largest absolute Gasteiger partial charge is 0.270 e. The third-order valence-electron chi connectivity index (χ3n) is 2.24. The van der Waals surface area contributed by atoms with E-state index in [9.17, 15) is 0 Å². The summed E-state index contributed by atoms with van der Waals surface area (Å²) in [7, 11) is 0. The second-order valence-corrected chi connectivity index (χ2v) is 4.19. The van der Waals surface area contributed by atoms with Crippen molar-refractivity contribution in [2.24, 2.45) is 0 Å². The molecular formula is C10H14ClN5. The fourth-order valence-corrected chi connectivity index (χ4v) is 1.51. The molecule has 0 spiro atoms. The maximum absolute atomic E-state index is 5.65. The lowest BCUT2D eigenvalue weighted by atomic mass is 10.4. The van der Waals surface area contributed by atoms with E-state index in [4.69, 9.17) is 11.6 Å². The van der Waals surface area contributed by atoms with Crippen LogP contribution in [0.3, 0.4) is 0 Å². The van der Waals surface area contributed by atoms with Gasteiger partial charge in [0.15, 0.2) is 0 Å². The van der Waals surface area contributed by atoms with Crippen molar-refractivity contribution in [2.45, 2.75) is 32.3 Å². The molecule has 0 amide bonds. The van der Waals surface area contributed by atoms with Crippen LogP contribution in [0.5, 0.6) is 0 Å². The highest BCUT2D eigenvalue weighted by Gasteiger charge is 2.04. The fraction of sp³-hybridized carbons (Fsp3) is 0.500. The number of hydrogen-bond donors (Lipinski definition) is 0. The monoisotopic (exact) mass is 239 g/mol. The van der Waals surface area contributed by atoms with Crippen LogP contribution >= 0.6 is 11.6 Å². The van der Waals surface area contributed by atoms with Crippen LogP contribution in [-0.2, 0) is 12.4 Å². The highest BCUT2D eigenvalue weighted by atomic mass is 35.5. The highest BCUT2D eigenvalue weighted by molar-refractivity contribution is 6.16. The van der Waals surface area contributed by atoms with Gasteiger partial charge in [0.25, 0.3) is 0 Å². The van der Waals surface area contributed by atoms with Crippen LogP contribution in [-0.4, -0.2) is 24.8 Å². The molecule has 0 fully saturated rings. The molecule has 2 rings (SSSR count). The highest BCUT2D eigenvalue weighted by Crippen LogP contribution is 2.06. The SMILES string of the molecule is CC(C)n1ccc(Cn2cc(CCl)nn2)n1. The lowest BCUT2D eigenvalue weighted by Gasteiger charge is -2.03. The first-order valence-electron chi connectivity index (χ1n) is 5.18. The summed E-state index contributed by atoms with van der Waals surface area (Å²) in [5, 5.41) is 12.3. The smallest absolute Gasteiger partial charge is 0.0974 e. The van der Waals surface area contributed by atoms with E-state index in [-0.39, 0.29) is 0 Å². The van der Waals surface area contributed by atoms with Crippen LogP contribution in [0.4, 0.5) is 0 Å². The summed E-state index contributed by atoms with van der Waals surface area (Å²) in [5.41, 5.74) is 1.75. The summed E-state index contributed by atoms with van der Waals surface area (Å²) in [4.78, 5) is 0. The molecule has 16 heavy (non-hydrogen) atoms. The van der Waals surface area contributed by atoms with Gasteiger partial charge in [-0.05, 0) is 19.9 Å². The predicted octanol–water partition coefficient (Wildman–Crippen LogP) is 1.84. The molecule has 0 aliphatic rings. The summed E-state index contributed by atoms with van der Waals surface area (Å²) in [6, 6.07) is 2.37. The van der Waals surface area contributed by atoms with E-state index in [0.717, 1.165) is 11.4 Å². The molecule has 2 heterocycles. The number of nitrogens with zero attached hydrogens (tertiary/aromatic N) is 5. The molecule has 2 aromatic rings. The van der Waals surface area contributed by atoms with Gasteiger partial charge in [0.05, 0.1) is 30.0 Å². The van der Waals surface area contributed by atoms with E-state index in [1.165, 1.54) is 0 Å². The molecule has 86 valence electrons. The molecule has 0 radical (unpaired) electrons. The Morgan fingerprint density at radius 3 is 2.75 bits per heavy atom. The fourth-order valence-electron chi connectivity index (χ4n) is 1.39. The Labute approximate surface area is 99.0 Å². The van der Waals surface area contributed by atoms with Gasteiger partial charge in [-0.1, -0.05) is 5.21 Å². The van der Waals surface area contributed by atoms with Gasteiger partial charge in [0.1, 0.15) is 0 Å². The molecule has 0 N–H and O–H groups in total. The molecule has 6 heteroatoms. The number of alkyl halides is 1. The molecule has 2 aromatic heterocycles. The average Bonchev–Trinajstić information content (AvgIpc) is 2.87. The van der Waals surface area contributed by atoms with Gasteiger partial charge >= 0.3 is 0 Å². The molecule has 0 aliphatic carbocycles. The Morgan fingerprint density at radius 1 is 1.38 bits per heavy atom. The predicted molar refractivity (Wildman–Crippen MR) is 61.3 cm³/mol. The first-order chi connectivity index (χ1) is 7.69. The Morgan fingerprint density at radius 2 is 2.19 bits per heavy atom. The van der Waals surface area contributed by atoms with E-state index >= 15 is 0 Å². The maximum atomic E-state index is 5.65.